The number of carboxylic acid groups (broad SMARTS) is 1. The molecule has 0 aromatic heterocycles. The van der Waals surface area contributed by atoms with Crippen molar-refractivity contribution in [3.8, 4) is 0 Å². The molecule has 1 atom stereocenters. The van der Waals surface area contributed by atoms with Crippen LogP contribution >= 0.6 is 0 Å². The van der Waals surface area contributed by atoms with E-state index in [1.54, 1.807) is 30.3 Å². The van der Waals surface area contributed by atoms with Crippen LogP contribution in [0.25, 0.3) is 0 Å². The van der Waals surface area contributed by atoms with Crippen LogP contribution in [0, 0.1) is 0 Å². The molecule has 0 aliphatic carbocycles. The van der Waals surface area contributed by atoms with Crippen LogP contribution in [0.4, 0.5) is 0 Å². The summed E-state index contributed by atoms with van der Waals surface area (Å²) in [5.41, 5.74) is 0.433. The first-order valence-electron chi connectivity index (χ1n) is 8.93. The number of carbonyl (C=O) groups excluding carboxylic acids is 2. The molecule has 0 bridgehead atoms. The highest BCUT2D eigenvalue weighted by molar-refractivity contribution is 6.74. The summed E-state index contributed by atoms with van der Waals surface area (Å²) in [4.78, 5) is 35.3. The molecule has 7 nitrogen and oxygen atoms in total. The van der Waals surface area contributed by atoms with E-state index in [1.165, 1.54) is 0 Å². The Bertz CT molecular complexity index is 656. The standard InChI is InChI=1S/C19H30N2O5Si/c1-19(2,3)27(4,5)26-12-11-15(18(24)25)21-16(22)13-20-17(23)14-9-7-6-8-10-14/h6-10,15H,11-13H2,1-5H3,(H,20,23)(H,21,22)(H,24,25)/t15-/m1/s1. The number of hydrogen-bond acceptors (Lipinski definition) is 4. The molecule has 3 N–H and O–H groups in total. The monoisotopic (exact) mass is 394 g/mol. The zero-order valence-corrected chi connectivity index (χ0v) is 17.7. The molecule has 0 fully saturated rings. The second-order valence-electron chi connectivity index (χ2n) is 7.90. The third-order valence-electron chi connectivity index (χ3n) is 4.75. The zero-order valence-electron chi connectivity index (χ0n) is 16.7. The van der Waals surface area contributed by atoms with E-state index >= 15 is 0 Å². The fourth-order valence-corrected chi connectivity index (χ4v) is 3.06. The second kappa shape index (κ2) is 9.66. The third-order valence-corrected chi connectivity index (χ3v) is 9.29. The molecule has 1 aromatic carbocycles. The molecular formula is C19H30N2O5Si. The average Bonchev–Trinajstić information content (AvgIpc) is 2.58. The van der Waals surface area contributed by atoms with Gasteiger partial charge in [0.05, 0.1) is 6.54 Å². The molecule has 150 valence electrons. The topological polar surface area (TPSA) is 105 Å². The van der Waals surface area contributed by atoms with Gasteiger partial charge in [0.25, 0.3) is 5.91 Å². The van der Waals surface area contributed by atoms with Gasteiger partial charge in [-0.1, -0.05) is 39.0 Å². The number of benzene rings is 1. The number of carboxylic acids is 1. The van der Waals surface area contributed by atoms with Gasteiger partial charge in [0, 0.05) is 18.6 Å². The van der Waals surface area contributed by atoms with Gasteiger partial charge in [-0.15, -0.1) is 0 Å². The molecule has 0 radical (unpaired) electrons. The van der Waals surface area contributed by atoms with Crippen molar-refractivity contribution in [1.29, 1.82) is 0 Å². The SMILES string of the molecule is CC(C)(C)[Si](C)(C)OCC[C@@H](NC(=O)CNC(=O)c1ccccc1)C(=O)O. The van der Waals surface area contributed by atoms with Gasteiger partial charge in [0.15, 0.2) is 8.32 Å². The van der Waals surface area contributed by atoms with Crippen molar-refractivity contribution in [3.05, 3.63) is 35.9 Å². The van der Waals surface area contributed by atoms with E-state index in [1.807, 2.05) is 0 Å². The maximum Gasteiger partial charge on any atom is 0.326 e. The Morgan fingerprint density at radius 1 is 1.15 bits per heavy atom. The highest BCUT2D eigenvalue weighted by atomic mass is 28.4. The lowest BCUT2D eigenvalue weighted by atomic mass is 10.2. The predicted molar refractivity (Wildman–Crippen MR) is 106 cm³/mol. The van der Waals surface area contributed by atoms with Gasteiger partial charge in [0.1, 0.15) is 6.04 Å². The third kappa shape index (κ3) is 7.52. The van der Waals surface area contributed by atoms with Gasteiger partial charge in [0.2, 0.25) is 5.91 Å². The highest BCUT2D eigenvalue weighted by Crippen LogP contribution is 2.36. The van der Waals surface area contributed by atoms with Crippen molar-refractivity contribution in [2.45, 2.75) is 51.4 Å². The normalized spacial score (nSPS) is 12.9. The molecule has 0 unspecified atom stereocenters. The Morgan fingerprint density at radius 3 is 2.26 bits per heavy atom. The van der Waals surface area contributed by atoms with Crippen molar-refractivity contribution < 1.29 is 23.9 Å². The summed E-state index contributed by atoms with van der Waals surface area (Å²) in [7, 11) is -1.98. The fourth-order valence-electron chi connectivity index (χ4n) is 2.00. The summed E-state index contributed by atoms with van der Waals surface area (Å²) in [5.74, 6) is -2.07. The quantitative estimate of drug-likeness (QED) is 0.558. The molecule has 0 spiro atoms. The van der Waals surface area contributed by atoms with Crippen LogP contribution < -0.4 is 10.6 Å². The number of aliphatic carboxylic acids is 1. The molecule has 0 heterocycles. The number of hydrogen-bond donors (Lipinski definition) is 3. The van der Waals surface area contributed by atoms with Crippen LogP contribution in [0.2, 0.25) is 18.1 Å². The maximum absolute atomic E-state index is 12.0. The fraction of sp³-hybridized carbons (Fsp3) is 0.526. The molecule has 27 heavy (non-hydrogen) atoms. The highest BCUT2D eigenvalue weighted by Gasteiger charge is 2.37. The van der Waals surface area contributed by atoms with E-state index < -0.39 is 26.2 Å². The largest absolute Gasteiger partial charge is 0.480 e. The van der Waals surface area contributed by atoms with Crippen molar-refractivity contribution in [2.24, 2.45) is 0 Å². The van der Waals surface area contributed by atoms with E-state index in [-0.39, 0.29) is 30.5 Å². The minimum Gasteiger partial charge on any atom is -0.480 e. The second-order valence-corrected chi connectivity index (χ2v) is 12.7. The van der Waals surface area contributed by atoms with Crippen molar-refractivity contribution in [2.75, 3.05) is 13.2 Å². The van der Waals surface area contributed by atoms with Crippen molar-refractivity contribution in [1.82, 2.24) is 10.6 Å². The van der Waals surface area contributed by atoms with Crippen molar-refractivity contribution in [3.63, 3.8) is 0 Å². The predicted octanol–water partition coefficient (Wildman–Crippen LogP) is 2.40. The Kier molecular flexibility index (Phi) is 8.17. The van der Waals surface area contributed by atoms with Gasteiger partial charge >= 0.3 is 5.97 Å². The number of carbonyl (C=O) groups is 3. The van der Waals surface area contributed by atoms with Gasteiger partial charge in [-0.25, -0.2) is 4.79 Å². The van der Waals surface area contributed by atoms with Crippen LogP contribution in [0.5, 0.6) is 0 Å². The molecule has 0 saturated heterocycles. The van der Waals surface area contributed by atoms with E-state index in [0.717, 1.165) is 0 Å². The summed E-state index contributed by atoms with van der Waals surface area (Å²) in [6.07, 6.45) is 0.167. The summed E-state index contributed by atoms with van der Waals surface area (Å²) >= 11 is 0. The van der Waals surface area contributed by atoms with Gasteiger partial charge < -0.3 is 20.2 Å². The smallest absolute Gasteiger partial charge is 0.326 e. The molecule has 1 rings (SSSR count). The van der Waals surface area contributed by atoms with Crippen LogP contribution in [-0.2, 0) is 14.0 Å². The van der Waals surface area contributed by atoms with Crippen LogP contribution in [0.3, 0.4) is 0 Å². The van der Waals surface area contributed by atoms with E-state index in [2.05, 4.69) is 44.5 Å². The molecule has 0 aliphatic rings. The first-order chi connectivity index (χ1) is 12.4. The molecular weight excluding hydrogens is 364 g/mol. The summed E-state index contributed by atoms with van der Waals surface area (Å²) in [6.45, 7) is 10.4. The van der Waals surface area contributed by atoms with Crippen LogP contribution in [-0.4, -0.2) is 50.4 Å². The minimum atomic E-state index is -1.98. The van der Waals surface area contributed by atoms with Gasteiger partial charge in [-0.2, -0.15) is 0 Å². The van der Waals surface area contributed by atoms with Gasteiger partial charge in [-0.05, 0) is 30.3 Å². The summed E-state index contributed by atoms with van der Waals surface area (Å²) in [6, 6.07) is 7.43. The molecule has 2 amide bonds. The Morgan fingerprint density at radius 2 is 1.74 bits per heavy atom. The van der Waals surface area contributed by atoms with E-state index in [4.69, 9.17) is 4.43 Å². The lowest BCUT2D eigenvalue weighted by molar-refractivity contribution is -0.142. The average molecular weight is 395 g/mol. The zero-order chi connectivity index (χ0) is 20.7. The lowest BCUT2D eigenvalue weighted by Crippen LogP contribution is -2.47. The van der Waals surface area contributed by atoms with Crippen LogP contribution in [0.15, 0.2) is 30.3 Å². The minimum absolute atomic E-state index is 0.0245. The van der Waals surface area contributed by atoms with E-state index in [9.17, 15) is 19.5 Å². The maximum atomic E-state index is 12.0. The number of amides is 2. The Labute approximate surface area is 161 Å². The summed E-state index contributed by atoms with van der Waals surface area (Å²) < 4.78 is 5.97. The molecule has 1 aromatic rings. The summed E-state index contributed by atoms with van der Waals surface area (Å²) in [5, 5.41) is 14.3. The van der Waals surface area contributed by atoms with Crippen molar-refractivity contribution >= 4 is 26.1 Å². The molecule has 0 saturated carbocycles. The first-order valence-corrected chi connectivity index (χ1v) is 11.8. The molecule has 0 aliphatic heterocycles. The number of nitrogens with one attached hydrogen (secondary N) is 2. The number of rotatable bonds is 9. The van der Waals surface area contributed by atoms with Gasteiger partial charge in [-0.3, -0.25) is 9.59 Å². The molecule has 8 heteroatoms. The first kappa shape index (κ1) is 22.8. The Balaban J connectivity index is 2.48. The lowest BCUT2D eigenvalue weighted by Gasteiger charge is -2.36. The van der Waals surface area contributed by atoms with E-state index in [0.29, 0.717) is 5.56 Å². The van der Waals surface area contributed by atoms with Crippen LogP contribution in [0.1, 0.15) is 37.6 Å². The Hall–Kier alpha value is -2.19.